The number of carbonyl (C=O) groups excluding carboxylic acids is 2. The van der Waals surface area contributed by atoms with Gasteiger partial charge in [-0.2, -0.15) is 5.10 Å². The Hall–Kier alpha value is -2.69. The molecule has 7 heteroatoms. The number of carbonyl (C=O) groups is 2. The Morgan fingerprint density at radius 2 is 2.22 bits per heavy atom. The molecule has 0 aliphatic carbocycles. The summed E-state index contributed by atoms with van der Waals surface area (Å²) in [5, 5.41) is 11.2. The molecule has 1 aromatic carbocycles. The second-order valence-electron chi connectivity index (χ2n) is 6.92. The molecule has 2 fully saturated rings. The van der Waals surface area contributed by atoms with Crippen molar-refractivity contribution in [1.82, 2.24) is 20.4 Å². The maximum Gasteiger partial charge on any atom is 0.251 e. The van der Waals surface area contributed by atoms with Gasteiger partial charge in [0.2, 0.25) is 5.91 Å². The van der Waals surface area contributed by atoms with E-state index in [1.165, 1.54) is 0 Å². The molecule has 1 unspecified atom stereocenters. The van der Waals surface area contributed by atoms with Crippen LogP contribution in [-0.2, 0) is 14.3 Å². The minimum atomic E-state index is -0.472. The largest absolute Gasteiger partial charge is 0.364 e. The van der Waals surface area contributed by atoms with Gasteiger partial charge in [0, 0.05) is 23.9 Å². The van der Waals surface area contributed by atoms with Crippen LogP contribution < -0.4 is 10.6 Å². The van der Waals surface area contributed by atoms with Crippen molar-refractivity contribution < 1.29 is 14.3 Å². The molecule has 1 aromatic heterocycles. The standard InChI is InChI=1S/C20H22N4O3/c1-13-19-14(5-3-11-27-15-9-10-21-12-15)4-2-6-16(19)24(23-13)17-7-8-18(25)22-20(17)26/h2,4,6,15,17,21H,7-12H2,1H3,(H,22,25,26)/t15-,17?/m1/s1. The number of imide groups is 1. The molecule has 2 aromatic rings. The van der Waals surface area contributed by atoms with Crippen LogP contribution in [0.5, 0.6) is 0 Å². The van der Waals surface area contributed by atoms with E-state index in [4.69, 9.17) is 4.74 Å². The van der Waals surface area contributed by atoms with Crippen molar-refractivity contribution in [2.75, 3.05) is 19.7 Å². The lowest BCUT2D eigenvalue weighted by atomic mass is 10.1. The zero-order chi connectivity index (χ0) is 18.8. The second kappa shape index (κ2) is 7.51. The summed E-state index contributed by atoms with van der Waals surface area (Å²) in [5.41, 5.74) is 2.55. The van der Waals surface area contributed by atoms with E-state index in [0.717, 1.165) is 41.7 Å². The number of rotatable bonds is 3. The van der Waals surface area contributed by atoms with Crippen molar-refractivity contribution >= 4 is 22.7 Å². The lowest BCUT2D eigenvalue weighted by Crippen LogP contribution is -2.42. The van der Waals surface area contributed by atoms with Gasteiger partial charge < -0.3 is 10.1 Å². The first-order valence-corrected chi connectivity index (χ1v) is 9.26. The van der Waals surface area contributed by atoms with Crippen LogP contribution in [0.15, 0.2) is 18.2 Å². The van der Waals surface area contributed by atoms with Crippen molar-refractivity contribution in [1.29, 1.82) is 0 Å². The molecule has 0 radical (unpaired) electrons. The fourth-order valence-corrected chi connectivity index (χ4v) is 3.70. The van der Waals surface area contributed by atoms with Gasteiger partial charge in [0.15, 0.2) is 0 Å². The van der Waals surface area contributed by atoms with E-state index in [0.29, 0.717) is 19.4 Å². The first-order chi connectivity index (χ1) is 13.1. The van der Waals surface area contributed by atoms with Crippen molar-refractivity contribution in [2.24, 2.45) is 0 Å². The number of nitrogens with zero attached hydrogens (tertiary/aromatic N) is 2. The first kappa shape index (κ1) is 17.7. The number of aryl methyl sites for hydroxylation is 1. The summed E-state index contributed by atoms with van der Waals surface area (Å²) in [5.74, 6) is 5.75. The van der Waals surface area contributed by atoms with E-state index in [2.05, 4.69) is 27.6 Å². The minimum absolute atomic E-state index is 0.228. The number of hydrogen-bond donors (Lipinski definition) is 2. The highest BCUT2D eigenvalue weighted by Gasteiger charge is 2.30. The molecular weight excluding hydrogens is 344 g/mol. The van der Waals surface area contributed by atoms with Crippen molar-refractivity contribution in [3.63, 3.8) is 0 Å². The highest BCUT2D eigenvalue weighted by molar-refractivity contribution is 6.00. The third kappa shape index (κ3) is 3.59. The number of fused-ring (bicyclic) bond motifs is 1. The molecule has 7 nitrogen and oxygen atoms in total. The van der Waals surface area contributed by atoms with Crippen LogP contribution in [-0.4, -0.2) is 47.4 Å². The molecule has 2 aliphatic heterocycles. The molecule has 2 atom stereocenters. The summed E-state index contributed by atoms with van der Waals surface area (Å²) >= 11 is 0. The minimum Gasteiger partial charge on any atom is -0.364 e. The number of amides is 2. The van der Waals surface area contributed by atoms with Gasteiger partial charge in [0.25, 0.3) is 5.91 Å². The topological polar surface area (TPSA) is 85.2 Å². The quantitative estimate of drug-likeness (QED) is 0.627. The van der Waals surface area contributed by atoms with Gasteiger partial charge in [0.05, 0.1) is 17.3 Å². The summed E-state index contributed by atoms with van der Waals surface area (Å²) in [6.45, 7) is 4.19. The fourth-order valence-electron chi connectivity index (χ4n) is 3.70. The third-order valence-electron chi connectivity index (χ3n) is 5.04. The summed E-state index contributed by atoms with van der Waals surface area (Å²) < 4.78 is 7.47. The Labute approximate surface area is 157 Å². The van der Waals surface area contributed by atoms with Gasteiger partial charge in [-0.05, 0) is 38.4 Å². The summed E-state index contributed by atoms with van der Waals surface area (Å²) in [4.78, 5) is 23.7. The molecule has 140 valence electrons. The Balaban J connectivity index is 1.59. The van der Waals surface area contributed by atoms with Gasteiger partial charge in [-0.1, -0.05) is 17.9 Å². The van der Waals surface area contributed by atoms with E-state index in [-0.39, 0.29) is 17.9 Å². The van der Waals surface area contributed by atoms with E-state index in [1.54, 1.807) is 4.68 Å². The number of piperidine rings is 1. The lowest BCUT2D eigenvalue weighted by Gasteiger charge is -2.21. The van der Waals surface area contributed by atoms with Crippen LogP contribution in [0.4, 0.5) is 0 Å². The highest BCUT2D eigenvalue weighted by atomic mass is 16.5. The third-order valence-corrected chi connectivity index (χ3v) is 5.04. The number of benzene rings is 1. The van der Waals surface area contributed by atoms with Gasteiger partial charge in [-0.15, -0.1) is 0 Å². The Morgan fingerprint density at radius 3 is 3.00 bits per heavy atom. The average molecular weight is 366 g/mol. The molecular formula is C20H22N4O3. The van der Waals surface area contributed by atoms with Gasteiger partial charge in [-0.3, -0.25) is 19.6 Å². The normalized spacial score (nSPS) is 22.6. The van der Waals surface area contributed by atoms with Gasteiger partial charge in [0.1, 0.15) is 12.6 Å². The van der Waals surface area contributed by atoms with Crippen LogP contribution in [0.25, 0.3) is 10.9 Å². The van der Waals surface area contributed by atoms with E-state index in [1.807, 2.05) is 25.1 Å². The predicted molar refractivity (Wildman–Crippen MR) is 100.0 cm³/mol. The number of aromatic nitrogens is 2. The number of nitrogens with one attached hydrogen (secondary N) is 2. The fraction of sp³-hybridized carbons (Fsp3) is 0.450. The van der Waals surface area contributed by atoms with E-state index < -0.39 is 6.04 Å². The van der Waals surface area contributed by atoms with Crippen molar-refractivity contribution in [3.8, 4) is 11.8 Å². The van der Waals surface area contributed by atoms with Crippen LogP contribution in [0, 0.1) is 18.8 Å². The van der Waals surface area contributed by atoms with Crippen molar-refractivity contribution in [2.45, 2.75) is 38.3 Å². The zero-order valence-electron chi connectivity index (χ0n) is 15.2. The summed E-state index contributed by atoms with van der Waals surface area (Å²) in [6, 6.07) is 5.33. The average Bonchev–Trinajstić information content (AvgIpc) is 3.28. The first-order valence-electron chi connectivity index (χ1n) is 9.26. The maximum absolute atomic E-state index is 12.2. The van der Waals surface area contributed by atoms with Crippen molar-refractivity contribution in [3.05, 3.63) is 29.5 Å². The highest BCUT2D eigenvalue weighted by Crippen LogP contribution is 2.27. The van der Waals surface area contributed by atoms with E-state index in [9.17, 15) is 9.59 Å². The number of hydrogen-bond acceptors (Lipinski definition) is 5. The van der Waals surface area contributed by atoms with Crippen LogP contribution in [0.2, 0.25) is 0 Å². The molecule has 2 saturated heterocycles. The molecule has 2 aliphatic rings. The van der Waals surface area contributed by atoms with E-state index >= 15 is 0 Å². The van der Waals surface area contributed by atoms with Crippen LogP contribution in [0.3, 0.4) is 0 Å². The lowest BCUT2D eigenvalue weighted by molar-refractivity contribution is -0.135. The molecule has 3 heterocycles. The smallest absolute Gasteiger partial charge is 0.251 e. The van der Waals surface area contributed by atoms with Crippen LogP contribution in [0.1, 0.15) is 36.6 Å². The molecule has 0 spiro atoms. The zero-order valence-corrected chi connectivity index (χ0v) is 15.2. The summed E-state index contributed by atoms with van der Waals surface area (Å²) in [6.07, 6.45) is 2.05. The SMILES string of the molecule is Cc1nn(C2CCC(=O)NC2=O)c2cccc(C#CCO[C@@H]3CCNC3)c12. The number of ether oxygens (including phenoxy) is 1. The molecule has 27 heavy (non-hydrogen) atoms. The Bertz CT molecular complexity index is 947. The molecule has 4 rings (SSSR count). The Morgan fingerprint density at radius 1 is 1.33 bits per heavy atom. The Kier molecular flexibility index (Phi) is 4.92. The summed E-state index contributed by atoms with van der Waals surface area (Å²) in [7, 11) is 0. The predicted octanol–water partition coefficient (Wildman–Crippen LogP) is 1.05. The molecule has 0 bridgehead atoms. The monoisotopic (exact) mass is 366 g/mol. The maximum atomic E-state index is 12.2. The van der Waals surface area contributed by atoms with Gasteiger partial charge in [-0.25, -0.2) is 0 Å². The molecule has 2 amide bonds. The molecule has 0 saturated carbocycles. The van der Waals surface area contributed by atoms with Gasteiger partial charge >= 0.3 is 0 Å². The second-order valence-corrected chi connectivity index (χ2v) is 6.92. The molecule has 2 N–H and O–H groups in total. The van der Waals surface area contributed by atoms with Crippen LogP contribution >= 0.6 is 0 Å².